The molecular formula is C15H23FN2O2. The Balaban J connectivity index is 1.84. The van der Waals surface area contributed by atoms with E-state index in [9.17, 15) is 4.39 Å². The maximum Gasteiger partial charge on any atom is 0.124 e. The van der Waals surface area contributed by atoms with Gasteiger partial charge in [-0.3, -0.25) is 4.90 Å². The number of morpholine rings is 1. The van der Waals surface area contributed by atoms with E-state index in [1.165, 1.54) is 12.1 Å². The monoisotopic (exact) mass is 282 g/mol. The van der Waals surface area contributed by atoms with E-state index in [0.717, 1.165) is 50.7 Å². The van der Waals surface area contributed by atoms with Gasteiger partial charge in [0.2, 0.25) is 0 Å². The van der Waals surface area contributed by atoms with Gasteiger partial charge in [-0.05, 0) is 24.7 Å². The average Bonchev–Trinajstić information content (AvgIpc) is 2.48. The van der Waals surface area contributed by atoms with Gasteiger partial charge in [-0.15, -0.1) is 0 Å². The molecule has 1 N–H and O–H groups in total. The van der Waals surface area contributed by atoms with Crippen LogP contribution in [-0.4, -0.2) is 50.9 Å². The van der Waals surface area contributed by atoms with Crippen molar-refractivity contribution in [1.29, 1.82) is 0 Å². The molecule has 0 spiro atoms. The first-order valence-electron chi connectivity index (χ1n) is 7.21. The largest absolute Gasteiger partial charge is 0.492 e. The maximum atomic E-state index is 13.3. The lowest BCUT2D eigenvalue weighted by Gasteiger charge is -2.26. The number of nitrogens with one attached hydrogen (secondary N) is 1. The Kier molecular flexibility index (Phi) is 6.24. The summed E-state index contributed by atoms with van der Waals surface area (Å²) in [6, 6.07) is 4.69. The number of ether oxygens (including phenoxy) is 2. The van der Waals surface area contributed by atoms with Crippen LogP contribution in [0.1, 0.15) is 12.5 Å². The van der Waals surface area contributed by atoms with Gasteiger partial charge in [-0.2, -0.15) is 0 Å². The van der Waals surface area contributed by atoms with Gasteiger partial charge in [0.05, 0.1) is 13.2 Å². The second-order valence-electron chi connectivity index (χ2n) is 4.83. The van der Waals surface area contributed by atoms with E-state index in [-0.39, 0.29) is 5.82 Å². The molecule has 1 saturated heterocycles. The van der Waals surface area contributed by atoms with Gasteiger partial charge in [-0.25, -0.2) is 4.39 Å². The predicted octanol–water partition coefficient (Wildman–Crippen LogP) is 1.65. The number of nitrogens with zero attached hydrogens (tertiary/aromatic N) is 1. The Bertz CT molecular complexity index is 409. The Morgan fingerprint density at radius 1 is 1.35 bits per heavy atom. The number of halogens is 1. The minimum Gasteiger partial charge on any atom is -0.492 e. The molecule has 112 valence electrons. The molecule has 5 heteroatoms. The minimum atomic E-state index is -0.224. The van der Waals surface area contributed by atoms with Crippen molar-refractivity contribution in [2.45, 2.75) is 13.5 Å². The molecule has 1 aliphatic heterocycles. The third kappa shape index (κ3) is 4.74. The lowest BCUT2D eigenvalue weighted by molar-refractivity contribution is 0.0322. The van der Waals surface area contributed by atoms with E-state index in [0.29, 0.717) is 13.2 Å². The summed E-state index contributed by atoms with van der Waals surface area (Å²) in [6.45, 7) is 8.49. The number of hydrogen-bond acceptors (Lipinski definition) is 4. The molecule has 1 aliphatic rings. The SMILES string of the molecule is CCNCc1cc(F)ccc1OCCN1CCOCC1. The van der Waals surface area contributed by atoms with Crippen molar-refractivity contribution < 1.29 is 13.9 Å². The van der Waals surface area contributed by atoms with Crippen molar-refractivity contribution in [1.82, 2.24) is 10.2 Å². The molecule has 20 heavy (non-hydrogen) atoms. The van der Waals surface area contributed by atoms with Crippen LogP contribution in [0.25, 0.3) is 0 Å². The molecular weight excluding hydrogens is 259 g/mol. The molecule has 4 nitrogen and oxygen atoms in total. The highest BCUT2D eigenvalue weighted by atomic mass is 19.1. The van der Waals surface area contributed by atoms with Crippen LogP contribution in [0.3, 0.4) is 0 Å². The summed E-state index contributed by atoms with van der Waals surface area (Å²) in [5.41, 5.74) is 0.869. The molecule has 0 aliphatic carbocycles. The summed E-state index contributed by atoms with van der Waals surface area (Å²) >= 11 is 0. The zero-order chi connectivity index (χ0) is 14.2. The van der Waals surface area contributed by atoms with E-state index in [4.69, 9.17) is 9.47 Å². The van der Waals surface area contributed by atoms with Gasteiger partial charge < -0.3 is 14.8 Å². The Morgan fingerprint density at radius 3 is 2.90 bits per heavy atom. The van der Waals surface area contributed by atoms with Gasteiger partial charge in [0.1, 0.15) is 18.2 Å². The number of benzene rings is 1. The molecule has 1 aromatic rings. The van der Waals surface area contributed by atoms with Crippen LogP contribution in [-0.2, 0) is 11.3 Å². The topological polar surface area (TPSA) is 33.7 Å². The number of hydrogen-bond donors (Lipinski definition) is 1. The Hall–Kier alpha value is -1.17. The predicted molar refractivity (Wildman–Crippen MR) is 76.5 cm³/mol. The molecule has 1 fully saturated rings. The van der Waals surface area contributed by atoms with Crippen LogP contribution in [0.5, 0.6) is 5.75 Å². The molecule has 0 radical (unpaired) electrons. The van der Waals surface area contributed by atoms with Crippen LogP contribution in [0, 0.1) is 5.82 Å². The fourth-order valence-electron chi connectivity index (χ4n) is 2.20. The summed E-state index contributed by atoms with van der Waals surface area (Å²) in [4.78, 5) is 2.32. The van der Waals surface area contributed by atoms with Crippen molar-refractivity contribution >= 4 is 0 Å². The van der Waals surface area contributed by atoms with Crippen molar-refractivity contribution in [3.63, 3.8) is 0 Å². The quantitative estimate of drug-likeness (QED) is 0.824. The highest BCUT2D eigenvalue weighted by molar-refractivity contribution is 5.33. The third-order valence-electron chi connectivity index (χ3n) is 3.36. The standard InChI is InChI=1S/C15H23FN2O2/c1-2-17-12-13-11-14(16)3-4-15(13)20-10-7-18-5-8-19-9-6-18/h3-4,11,17H,2,5-10,12H2,1H3. The molecule has 0 aromatic heterocycles. The first kappa shape index (κ1) is 15.2. The van der Waals surface area contributed by atoms with E-state index in [2.05, 4.69) is 10.2 Å². The molecule has 0 atom stereocenters. The minimum absolute atomic E-state index is 0.224. The highest BCUT2D eigenvalue weighted by Gasteiger charge is 2.11. The van der Waals surface area contributed by atoms with Crippen LogP contribution in [0.2, 0.25) is 0 Å². The third-order valence-corrected chi connectivity index (χ3v) is 3.36. The normalized spacial score (nSPS) is 16.3. The van der Waals surface area contributed by atoms with Gasteiger partial charge in [0, 0.05) is 31.7 Å². The van der Waals surface area contributed by atoms with Crippen molar-refractivity contribution in [3.05, 3.63) is 29.6 Å². The zero-order valence-electron chi connectivity index (χ0n) is 12.0. The molecule has 0 unspecified atom stereocenters. The van der Waals surface area contributed by atoms with E-state index in [1.54, 1.807) is 6.07 Å². The van der Waals surface area contributed by atoms with Crippen molar-refractivity contribution in [2.75, 3.05) is 46.0 Å². The second kappa shape index (κ2) is 8.19. The summed E-state index contributed by atoms with van der Waals surface area (Å²) < 4.78 is 24.4. The van der Waals surface area contributed by atoms with Crippen LogP contribution in [0.4, 0.5) is 4.39 Å². The second-order valence-corrected chi connectivity index (χ2v) is 4.83. The lowest BCUT2D eigenvalue weighted by atomic mass is 10.2. The van der Waals surface area contributed by atoms with Gasteiger partial charge in [-0.1, -0.05) is 6.92 Å². The molecule has 1 aromatic carbocycles. The number of rotatable bonds is 7. The highest BCUT2D eigenvalue weighted by Crippen LogP contribution is 2.19. The summed E-state index contributed by atoms with van der Waals surface area (Å²) in [6.07, 6.45) is 0. The van der Waals surface area contributed by atoms with Crippen molar-refractivity contribution in [2.24, 2.45) is 0 Å². The van der Waals surface area contributed by atoms with Gasteiger partial charge in [0.25, 0.3) is 0 Å². The fraction of sp³-hybridized carbons (Fsp3) is 0.600. The molecule has 1 heterocycles. The lowest BCUT2D eigenvalue weighted by Crippen LogP contribution is -2.38. The molecule has 0 amide bonds. The van der Waals surface area contributed by atoms with E-state index in [1.807, 2.05) is 6.92 Å². The first-order chi connectivity index (χ1) is 9.79. The van der Waals surface area contributed by atoms with Gasteiger partial charge in [0.15, 0.2) is 0 Å². The van der Waals surface area contributed by atoms with E-state index < -0.39 is 0 Å². The van der Waals surface area contributed by atoms with Crippen LogP contribution < -0.4 is 10.1 Å². The summed E-state index contributed by atoms with van der Waals surface area (Å²) in [7, 11) is 0. The summed E-state index contributed by atoms with van der Waals surface area (Å²) in [5, 5.41) is 3.20. The molecule has 2 rings (SSSR count). The first-order valence-corrected chi connectivity index (χ1v) is 7.21. The van der Waals surface area contributed by atoms with Crippen LogP contribution in [0.15, 0.2) is 18.2 Å². The summed E-state index contributed by atoms with van der Waals surface area (Å²) in [5.74, 6) is 0.541. The fourth-order valence-corrected chi connectivity index (χ4v) is 2.20. The molecule has 0 saturated carbocycles. The smallest absolute Gasteiger partial charge is 0.124 e. The zero-order valence-corrected chi connectivity index (χ0v) is 12.0. The maximum absolute atomic E-state index is 13.3. The van der Waals surface area contributed by atoms with E-state index >= 15 is 0 Å². The molecule has 0 bridgehead atoms. The van der Waals surface area contributed by atoms with Crippen LogP contribution >= 0.6 is 0 Å². The Morgan fingerprint density at radius 2 is 2.15 bits per heavy atom. The van der Waals surface area contributed by atoms with Gasteiger partial charge >= 0.3 is 0 Å². The Labute approximate surface area is 119 Å². The van der Waals surface area contributed by atoms with Crippen molar-refractivity contribution in [3.8, 4) is 5.75 Å². The average molecular weight is 282 g/mol.